The fourth-order valence-corrected chi connectivity index (χ4v) is 11.4. The van der Waals surface area contributed by atoms with Gasteiger partial charge >= 0.3 is 0 Å². The van der Waals surface area contributed by atoms with Crippen LogP contribution in [0.2, 0.25) is 0 Å². The van der Waals surface area contributed by atoms with Crippen molar-refractivity contribution in [1.29, 1.82) is 0 Å². The minimum Gasteiger partial charge on any atom is -0.355 e. The molecule has 7 aromatic rings. The third-order valence-corrected chi connectivity index (χ3v) is 15.6. The summed E-state index contributed by atoms with van der Waals surface area (Å²) >= 11 is 0. The number of allylic oxidation sites excluding steroid dienone is 5. The zero-order valence-electron chi connectivity index (χ0n) is 42.9. The third kappa shape index (κ3) is 7.96. The van der Waals surface area contributed by atoms with Crippen molar-refractivity contribution in [2.75, 3.05) is 10.2 Å². The molecule has 0 saturated heterocycles. The Hall–Kier alpha value is -6.64. The van der Waals surface area contributed by atoms with Gasteiger partial charge in [-0.2, -0.15) is 0 Å². The maximum Gasteiger partial charge on any atom is 0.0540 e. The second kappa shape index (κ2) is 17.5. The molecular formula is C66H70N2. The molecule has 0 atom stereocenters. The summed E-state index contributed by atoms with van der Waals surface area (Å²) in [6.07, 6.45) is 8.77. The standard InChI is InChI=1S/C66H70N2/c1-15-23-49(42(4)16-2)48-38-53(50-26-22-28-56-63(50)67-59-29-21-20-27-55(59)66(56,13)14)46(8)62(39-48)68(60-31-30-41(3)34-54(60)47-24-18-17-19-25-47)61-37-44(6)51(35-45(61)7)52-40-58-57(36-43(52)5)64(9,10)32-33-65(58,11)12/h15-31,34-40,67H,2,32-33H2,1,3-14H3/b23-15-,49-42+. The number of aryl methyl sites for hydroxylation is 4. The van der Waals surface area contributed by atoms with Crippen LogP contribution in [0.25, 0.3) is 39.0 Å². The molecule has 0 fully saturated rings. The van der Waals surface area contributed by atoms with Crippen LogP contribution in [-0.2, 0) is 16.2 Å². The Balaban J connectivity index is 1.35. The van der Waals surface area contributed by atoms with Crippen molar-refractivity contribution in [2.45, 2.75) is 119 Å². The van der Waals surface area contributed by atoms with Crippen LogP contribution < -0.4 is 10.2 Å². The molecule has 0 radical (unpaired) electrons. The van der Waals surface area contributed by atoms with Gasteiger partial charge in [-0.1, -0.05) is 157 Å². The lowest BCUT2D eigenvalue weighted by Gasteiger charge is -2.42. The first kappa shape index (κ1) is 46.5. The Morgan fingerprint density at radius 1 is 0.559 bits per heavy atom. The maximum atomic E-state index is 4.28. The number of fused-ring (bicyclic) bond motifs is 3. The third-order valence-electron chi connectivity index (χ3n) is 15.6. The molecule has 0 amide bonds. The zero-order chi connectivity index (χ0) is 48.4. The lowest BCUT2D eigenvalue weighted by molar-refractivity contribution is 0.332. The predicted molar refractivity (Wildman–Crippen MR) is 296 cm³/mol. The summed E-state index contributed by atoms with van der Waals surface area (Å²) in [6.45, 7) is 34.5. The van der Waals surface area contributed by atoms with Gasteiger partial charge in [0.15, 0.2) is 0 Å². The average molecular weight is 891 g/mol. The van der Waals surface area contributed by atoms with E-state index in [4.69, 9.17) is 0 Å². The number of nitrogens with zero attached hydrogens (tertiary/aromatic N) is 1. The zero-order valence-corrected chi connectivity index (χ0v) is 42.9. The number of hydrogen-bond acceptors (Lipinski definition) is 2. The summed E-state index contributed by atoms with van der Waals surface area (Å²) in [5.74, 6) is 0. The van der Waals surface area contributed by atoms with Gasteiger partial charge in [-0.05, 0) is 198 Å². The van der Waals surface area contributed by atoms with Crippen LogP contribution in [0.4, 0.5) is 28.4 Å². The van der Waals surface area contributed by atoms with Crippen molar-refractivity contribution in [3.05, 3.63) is 213 Å². The number of rotatable bonds is 9. The Morgan fingerprint density at radius 2 is 1.21 bits per heavy atom. The molecule has 9 rings (SSSR count). The highest BCUT2D eigenvalue weighted by atomic mass is 15.1. The normalized spacial score (nSPS) is 15.7. The smallest absolute Gasteiger partial charge is 0.0540 e. The second-order valence-corrected chi connectivity index (χ2v) is 21.6. The van der Waals surface area contributed by atoms with Gasteiger partial charge in [-0.25, -0.2) is 0 Å². The fourth-order valence-electron chi connectivity index (χ4n) is 11.4. The molecule has 0 unspecified atom stereocenters. The van der Waals surface area contributed by atoms with E-state index in [9.17, 15) is 0 Å². The van der Waals surface area contributed by atoms with Crippen molar-refractivity contribution < 1.29 is 0 Å². The highest BCUT2D eigenvalue weighted by molar-refractivity contribution is 5.98. The highest BCUT2D eigenvalue weighted by Crippen LogP contribution is 2.53. The van der Waals surface area contributed by atoms with E-state index in [-0.39, 0.29) is 16.2 Å². The van der Waals surface area contributed by atoms with E-state index in [1.165, 1.54) is 96.3 Å². The van der Waals surface area contributed by atoms with Crippen molar-refractivity contribution >= 4 is 34.0 Å². The maximum absolute atomic E-state index is 4.28. The summed E-state index contributed by atoms with van der Waals surface area (Å²) < 4.78 is 0. The Morgan fingerprint density at radius 3 is 1.91 bits per heavy atom. The minimum absolute atomic E-state index is 0.114. The summed E-state index contributed by atoms with van der Waals surface area (Å²) in [4.78, 5) is 2.57. The molecule has 2 aliphatic rings. The first-order valence-corrected chi connectivity index (χ1v) is 24.7. The molecule has 1 aliphatic carbocycles. The molecule has 1 N–H and O–H groups in total. The van der Waals surface area contributed by atoms with E-state index in [0.29, 0.717) is 0 Å². The van der Waals surface area contributed by atoms with Crippen LogP contribution in [0, 0.1) is 34.6 Å². The molecule has 2 heteroatoms. The quantitative estimate of drug-likeness (QED) is 0.145. The van der Waals surface area contributed by atoms with Crippen LogP contribution >= 0.6 is 0 Å². The van der Waals surface area contributed by atoms with E-state index < -0.39 is 0 Å². The monoisotopic (exact) mass is 891 g/mol. The van der Waals surface area contributed by atoms with E-state index in [2.05, 4.69) is 246 Å². The van der Waals surface area contributed by atoms with E-state index in [1.54, 1.807) is 0 Å². The molecular weight excluding hydrogens is 821 g/mol. The number of hydrogen-bond donors (Lipinski definition) is 1. The summed E-state index contributed by atoms with van der Waals surface area (Å²) in [5, 5.41) is 3.96. The molecule has 2 nitrogen and oxygen atoms in total. The summed E-state index contributed by atoms with van der Waals surface area (Å²) in [5.41, 5.74) is 28.5. The van der Waals surface area contributed by atoms with Gasteiger partial charge in [0.05, 0.1) is 17.1 Å². The predicted octanol–water partition coefficient (Wildman–Crippen LogP) is 19.0. The van der Waals surface area contributed by atoms with Crippen LogP contribution in [0.5, 0.6) is 0 Å². The molecule has 0 saturated carbocycles. The van der Waals surface area contributed by atoms with Gasteiger partial charge in [0.2, 0.25) is 0 Å². The average Bonchev–Trinajstić information content (AvgIpc) is 3.31. The molecule has 7 aromatic carbocycles. The van der Waals surface area contributed by atoms with Crippen LogP contribution in [0.1, 0.15) is 124 Å². The van der Waals surface area contributed by atoms with Gasteiger partial charge in [-0.15, -0.1) is 0 Å². The Labute approximate surface area is 408 Å². The van der Waals surface area contributed by atoms with Gasteiger partial charge in [0.1, 0.15) is 0 Å². The minimum atomic E-state index is -0.200. The largest absolute Gasteiger partial charge is 0.355 e. The molecule has 0 spiro atoms. The molecule has 344 valence electrons. The van der Waals surface area contributed by atoms with E-state index in [1.807, 2.05) is 6.08 Å². The molecule has 1 heterocycles. The Bertz CT molecular complexity index is 3200. The SMILES string of the molecule is C=C/C(C)=C(\C=C/C)c1cc(-c2cccc3c2Nc2ccccc2C3(C)C)c(C)c(N(c2cc(C)c(-c3cc4c(cc3C)C(C)(C)CCC4(C)C)cc2C)c2ccc(C)cc2-c2ccccc2)c1. The van der Waals surface area contributed by atoms with Gasteiger partial charge in [-0.3, -0.25) is 0 Å². The van der Waals surface area contributed by atoms with Crippen molar-refractivity contribution in [3.8, 4) is 33.4 Å². The molecule has 0 aromatic heterocycles. The molecule has 68 heavy (non-hydrogen) atoms. The topological polar surface area (TPSA) is 15.3 Å². The van der Waals surface area contributed by atoms with Gasteiger partial charge < -0.3 is 10.2 Å². The lowest BCUT2D eigenvalue weighted by Crippen LogP contribution is -2.34. The van der Waals surface area contributed by atoms with Crippen LogP contribution in [-0.4, -0.2) is 0 Å². The Kier molecular flexibility index (Phi) is 11.9. The van der Waals surface area contributed by atoms with E-state index in [0.717, 1.165) is 45.1 Å². The number of para-hydroxylation sites is 2. The molecule has 0 bridgehead atoms. The number of benzene rings is 7. The molecule has 1 aliphatic heterocycles. The van der Waals surface area contributed by atoms with Crippen molar-refractivity contribution in [1.82, 2.24) is 0 Å². The van der Waals surface area contributed by atoms with E-state index >= 15 is 0 Å². The second-order valence-electron chi connectivity index (χ2n) is 21.6. The lowest BCUT2D eigenvalue weighted by atomic mass is 9.62. The first-order valence-electron chi connectivity index (χ1n) is 24.7. The fraction of sp³-hybridized carbons (Fsp3) is 0.273. The van der Waals surface area contributed by atoms with Gasteiger partial charge in [0, 0.05) is 27.9 Å². The highest BCUT2D eigenvalue weighted by Gasteiger charge is 2.38. The summed E-state index contributed by atoms with van der Waals surface area (Å²) in [6, 6.07) is 48.3. The number of anilines is 5. The van der Waals surface area contributed by atoms with Crippen LogP contribution in [0.3, 0.4) is 0 Å². The van der Waals surface area contributed by atoms with Gasteiger partial charge in [0.25, 0.3) is 0 Å². The van der Waals surface area contributed by atoms with Crippen LogP contribution in [0.15, 0.2) is 158 Å². The summed E-state index contributed by atoms with van der Waals surface area (Å²) in [7, 11) is 0. The van der Waals surface area contributed by atoms with Crippen molar-refractivity contribution in [3.63, 3.8) is 0 Å². The first-order chi connectivity index (χ1) is 32.4. The van der Waals surface area contributed by atoms with Crippen molar-refractivity contribution in [2.24, 2.45) is 0 Å². The number of nitrogens with one attached hydrogen (secondary N) is 1.